The molecule has 0 spiro atoms. The molecular formula is C26H36O4. The smallest absolute Gasteiger partial charge is 0.303 e. The molecule has 5 rings (SSSR count). The van der Waals surface area contributed by atoms with Gasteiger partial charge in [-0.3, -0.25) is 4.79 Å². The molecule has 4 aliphatic carbocycles. The third kappa shape index (κ3) is 2.93. The molecule has 0 amide bonds. The van der Waals surface area contributed by atoms with Crippen molar-refractivity contribution in [2.75, 3.05) is 0 Å². The highest BCUT2D eigenvalue weighted by atomic mass is 16.4. The van der Waals surface area contributed by atoms with Crippen LogP contribution in [-0.2, 0) is 11.2 Å². The number of fused-ring (bicyclic) bond motifs is 5. The summed E-state index contributed by atoms with van der Waals surface area (Å²) in [5.41, 5.74) is 1.65. The lowest BCUT2D eigenvalue weighted by molar-refractivity contribution is -0.164. The lowest BCUT2D eigenvalue weighted by Gasteiger charge is -2.56. The van der Waals surface area contributed by atoms with E-state index < -0.39 is 11.6 Å². The fourth-order valence-corrected chi connectivity index (χ4v) is 8.50. The molecule has 0 bridgehead atoms. The zero-order valence-corrected chi connectivity index (χ0v) is 18.1. The highest BCUT2D eigenvalue weighted by Crippen LogP contribution is 2.67. The third-order valence-electron chi connectivity index (χ3n) is 9.90. The molecule has 164 valence electrons. The second kappa shape index (κ2) is 7.25. The predicted molar refractivity (Wildman–Crippen MR) is 115 cm³/mol. The van der Waals surface area contributed by atoms with Crippen LogP contribution in [0.5, 0.6) is 5.75 Å². The number of aryl methyl sites for hydroxylation is 1. The number of hydrogen-bond donors (Lipinski definition) is 3. The van der Waals surface area contributed by atoms with Crippen LogP contribution in [0.15, 0.2) is 18.2 Å². The Balaban J connectivity index is 1.47. The number of aliphatic hydroxyl groups is 1. The normalized spacial score (nSPS) is 39.2. The summed E-state index contributed by atoms with van der Waals surface area (Å²) >= 11 is 0. The number of benzene rings is 1. The molecule has 1 unspecified atom stereocenters. The van der Waals surface area contributed by atoms with Crippen molar-refractivity contribution in [2.45, 2.75) is 89.1 Å². The van der Waals surface area contributed by atoms with E-state index in [1.165, 1.54) is 24.0 Å². The molecule has 0 aromatic heterocycles. The minimum Gasteiger partial charge on any atom is -0.508 e. The lowest BCUT2D eigenvalue weighted by Crippen LogP contribution is -2.56. The molecule has 3 fully saturated rings. The molecule has 30 heavy (non-hydrogen) atoms. The van der Waals surface area contributed by atoms with Crippen molar-refractivity contribution in [3.63, 3.8) is 0 Å². The second-order valence-corrected chi connectivity index (χ2v) is 11.0. The molecule has 0 heterocycles. The summed E-state index contributed by atoms with van der Waals surface area (Å²) in [5, 5.41) is 31.8. The number of aliphatic carboxylic acids is 1. The van der Waals surface area contributed by atoms with Crippen molar-refractivity contribution >= 4 is 5.97 Å². The monoisotopic (exact) mass is 412 g/mol. The van der Waals surface area contributed by atoms with Crippen molar-refractivity contribution in [1.29, 1.82) is 0 Å². The number of phenols is 1. The van der Waals surface area contributed by atoms with Crippen molar-refractivity contribution in [3.8, 4) is 5.75 Å². The molecule has 3 saturated carbocycles. The SMILES string of the molecule is C[C@]12CC[C@@H]3c4ccc(O)cc4CC[C@H]3[C@@H]1CC[C@@]2(O)C(CC(=O)O)C1CCCC1. The molecular weight excluding hydrogens is 376 g/mol. The Morgan fingerprint density at radius 3 is 2.63 bits per heavy atom. The number of carboxylic acid groups (broad SMARTS) is 1. The number of hydrogen-bond acceptors (Lipinski definition) is 3. The van der Waals surface area contributed by atoms with Gasteiger partial charge in [-0.25, -0.2) is 0 Å². The summed E-state index contributed by atoms with van der Waals surface area (Å²) in [6.07, 6.45) is 10.5. The standard InChI is InChI=1S/C26H36O4/c1-25-12-10-20-19-9-7-18(27)14-17(19)6-8-21(20)22(25)11-13-26(25,30)23(15-24(28)29)16-4-2-3-5-16/h7,9,14,16,20-23,27,30H,2-6,8,10-13,15H2,1H3,(H,28,29)/t20-,21-,22+,23?,25+,26-/m1/s1. The molecule has 0 radical (unpaired) electrons. The van der Waals surface area contributed by atoms with Gasteiger partial charge < -0.3 is 15.3 Å². The van der Waals surface area contributed by atoms with E-state index in [-0.39, 0.29) is 17.8 Å². The maximum absolute atomic E-state index is 12.2. The number of rotatable bonds is 4. The van der Waals surface area contributed by atoms with Gasteiger partial charge in [-0.1, -0.05) is 38.7 Å². The summed E-state index contributed by atoms with van der Waals surface area (Å²) in [6, 6.07) is 5.88. The molecule has 4 aliphatic rings. The van der Waals surface area contributed by atoms with Gasteiger partial charge in [-0.2, -0.15) is 0 Å². The van der Waals surface area contributed by atoms with Crippen LogP contribution in [-0.4, -0.2) is 26.9 Å². The Morgan fingerprint density at radius 1 is 1.13 bits per heavy atom. The van der Waals surface area contributed by atoms with Crippen LogP contribution in [0.2, 0.25) is 0 Å². The van der Waals surface area contributed by atoms with E-state index in [2.05, 4.69) is 13.0 Å². The minimum atomic E-state index is -0.856. The van der Waals surface area contributed by atoms with Crippen LogP contribution in [0.4, 0.5) is 0 Å². The molecule has 6 atom stereocenters. The van der Waals surface area contributed by atoms with Gasteiger partial charge in [0.25, 0.3) is 0 Å². The van der Waals surface area contributed by atoms with Gasteiger partial charge in [-0.05, 0) is 90.9 Å². The van der Waals surface area contributed by atoms with Crippen molar-refractivity contribution in [2.24, 2.45) is 29.1 Å². The molecule has 4 nitrogen and oxygen atoms in total. The van der Waals surface area contributed by atoms with Gasteiger partial charge in [0.15, 0.2) is 0 Å². The van der Waals surface area contributed by atoms with Gasteiger partial charge in [0.2, 0.25) is 0 Å². The average Bonchev–Trinajstić information content (AvgIpc) is 3.33. The first-order valence-corrected chi connectivity index (χ1v) is 12.1. The first-order valence-electron chi connectivity index (χ1n) is 12.1. The fraction of sp³-hybridized carbons (Fsp3) is 0.731. The maximum Gasteiger partial charge on any atom is 0.303 e. The van der Waals surface area contributed by atoms with E-state index in [1.54, 1.807) is 0 Å². The van der Waals surface area contributed by atoms with E-state index >= 15 is 0 Å². The van der Waals surface area contributed by atoms with Gasteiger partial charge in [0.05, 0.1) is 12.0 Å². The van der Waals surface area contributed by atoms with E-state index in [9.17, 15) is 20.1 Å². The van der Waals surface area contributed by atoms with Crippen LogP contribution in [0.1, 0.15) is 88.2 Å². The quantitative estimate of drug-likeness (QED) is 0.630. The molecule has 0 saturated heterocycles. The summed E-state index contributed by atoms with van der Waals surface area (Å²) in [7, 11) is 0. The van der Waals surface area contributed by atoms with Crippen molar-refractivity contribution in [1.82, 2.24) is 0 Å². The van der Waals surface area contributed by atoms with Crippen LogP contribution < -0.4 is 0 Å². The summed E-state index contributed by atoms with van der Waals surface area (Å²) < 4.78 is 0. The van der Waals surface area contributed by atoms with Crippen LogP contribution in [0.25, 0.3) is 0 Å². The Labute approximate surface area is 179 Å². The van der Waals surface area contributed by atoms with Gasteiger partial charge in [0, 0.05) is 5.92 Å². The van der Waals surface area contributed by atoms with E-state index in [0.29, 0.717) is 29.4 Å². The Morgan fingerprint density at radius 2 is 1.90 bits per heavy atom. The van der Waals surface area contributed by atoms with E-state index in [1.807, 2.05) is 12.1 Å². The molecule has 4 heteroatoms. The predicted octanol–water partition coefficient (Wildman–Crippen LogP) is 5.26. The molecule has 1 aromatic carbocycles. The largest absolute Gasteiger partial charge is 0.508 e. The first kappa shape index (κ1) is 20.4. The number of carbonyl (C=O) groups is 1. The number of carboxylic acids is 1. The van der Waals surface area contributed by atoms with E-state index in [0.717, 1.165) is 51.4 Å². The molecule has 0 aliphatic heterocycles. The van der Waals surface area contributed by atoms with Gasteiger partial charge in [0.1, 0.15) is 5.75 Å². The Bertz CT molecular complexity index is 828. The van der Waals surface area contributed by atoms with Crippen LogP contribution in [0.3, 0.4) is 0 Å². The topological polar surface area (TPSA) is 77.8 Å². The number of aromatic hydroxyl groups is 1. The second-order valence-electron chi connectivity index (χ2n) is 11.0. The van der Waals surface area contributed by atoms with E-state index in [4.69, 9.17) is 0 Å². The lowest BCUT2D eigenvalue weighted by atomic mass is 9.51. The van der Waals surface area contributed by atoms with Gasteiger partial charge >= 0.3 is 5.97 Å². The average molecular weight is 413 g/mol. The zero-order chi connectivity index (χ0) is 21.1. The Kier molecular flexibility index (Phi) is 4.92. The third-order valence-corrected chi connectivity index (χ3v) is 9.90. The molecule has 3 N–H and O–H groups in total. The number of phenolic OH excluding ortho intramolecular Hbond substituents is 1. The Hall–Kier alpha value is -1.55. The highest BCUT2D eigenvalue weighted by Gasteiger charge is 2.64. The van der Waals surface area contributed by atoms with Crippen molar-refractivity contribution < 1.29 is 20.1 Å². The maximum atomic E-state index is 12.2. The summed E-state index contributed by atoms with van der Waals surface area (Å²) in [4.78, 5) is 11.8. The van der Waals surface area contributed by atoms with Crippen LogP contribution in [0, 0.1) is 29.1 Å². The first-order chi connectivity index (χ1) is 14.3. The zero-order valence-electron chi connectivity index (χ0n) is 18.1. The summed E-state index contributed by atoms with van der Waals surface area (Å²) in [6.45, 7) is 2.29. The summed E-state index contributed by atoms with van der Waals surface area (Å²) in [5.74, 6) is 1.37. The van der Waals surface area contributed by atoms with Gasteiger partial charge in [-0.15, -0.1) is 0 Å². The molecule has 1 aromatic rings. The van der Waals surface area contributed by atoms with Crippen molar-refractivity contribution in [3.05, 3.63) is 29.3 Å². The van der Waals surface area contributed by atoms with Crippen LogP contribution >= 0.6 is 0 Å². The fourth-order valence-electron chi connectivity index (χ4n) is 8.50. The minimum absolute atomic E-state index is 0.111. The highest BCUT2D eigenvalue weighted by molar-refractivity contribution is 5.67.